The first-order chi connectivity index (χ1) is 20.4. The monoisotopic (exact) mass is 618 g/mol. The van der Waals surface area contributed by atoms with E-state index < -0.39 is 33.6 Å². The van der Waals surface area contributed by atoms with Crippen molar-refractivity contribution in [2.75, 3.05) is 23.6 Å². The summed E-state index contributed by atoms with van der Waals surface area (Å²) in [6.45, 7) is 3.99. The van der Waals surface area contributed by atoms with Gasteiger partial charge in [-0.2, -0.15) is 19.0 Å². The molecular weight excluding hydrogens is 589 g/mol. The van der Waals surface area contributed by atoms with Crippen LogP contribution in [0.1, 0.15) is 41.1 Å². The van der Waals surface area contributed by atoms with Crippen molar-refractivity contribution in [2.45, 2.75) is 38.3 Å². The van der Waals surface area contributed by atoms with Gasteiger partial charge >= 0.3 is 5.76 Å². The van der Waals surface area contributed by atoms with Gasteiger partial charge in [-0.25, -0.2) is 12.8 Å². The van der Waals surface area contributed by atoms with Crippen LogP contribution < -0.4 is 20.5 Å². The van der Waals surface area contributed by atoms with Gasteiger partial charge in [0.05, 0.1) is 11.4 Å². The lowest BCUT2D eigenvalue weighted by molar-refractivity contribution is 0.100. The number of ether oxygens (including phenoxy) is 1. The second-order valence-corrected chi connectivity index (χ2v) is 11.7. The fourth-order valence-electron chi connectivity index (χ4n) is 4.73. The predicted molar refractivity (Wildman–Crippen MR) is 153 cm³/mol. The van der Waals surface area contributed by atoms with Crippen molar-refractivity contribution in [1.29, 1.82) is 0 Å². The predicted octanol–water partition coefficient (Wildman–Crippen LogP) is 4.19. The number of carbonyl (C=O) groups excluding carboxylic acids is 1. The standard InChI is InChI=1S/C27H29F3N8O4S/c1-15(16-4-7-18(28)8-5-16)42-21-12-17(6-9-20(21)36-43(40,41)27(29)30)24-23(25(31)39)26(34-33-24)32-22-13-19-14-37(2)10-3-11-38(19)35-22/h4-9,12-13,15,27,36H,3,10-11,14H2,1-2H3,(H2,31,39)(H2,32,33,34,35)/t15-/m0/s1. The number of nitrogens with one attached hydrogen (secondary N) is 3. The molecule has 1 amide bonds. The molecule has 1 aliphatic rings. The number of hydrogen-bond donors (Lipinski definition) is 4. The minimum absolute atomic E-state index is 0.0150. The topological polar surface area (TPSA) is 160 Å². The van der Waals surface area contributed by atoms with Gasteiger partial charge in [0.1, 0.15) is 34.7 Å². The Morgan fingerprint density at radius 2 is 1.88 bits per heavy atom. The summed E-state index contributed by atoms with van der Waals surface area (Å²) in [7, 11) is -3.03. The lowest BCUT2D eigenvalue weighted by Gasteiger charge is -2.19. The highest BCUT2D eigenvalue weighted by molar-refractivity contribution is 7.93. The lowest BCUT2D eigenvalue weighted by atomic mass is 10.1. The molecule has 12 nitrogen and oxygen atoms in total. The van der Waals surface area contributed by atoms with E-state index in [0.717, 1.165) is 25.2 Å². The van der Waals surface area contributed by atoms with E-state index in [1.807, 2.05) is 22.5 Å². The maximum atomic E-state index is 13.4. The van der Waals surface area contributed by atoms with Gasteiger partial charge in [0.25, 0.3) is 15.9 Å². The van der Waals surface area contributed by atoms with Crippen LogP contribution in [0, 0.1) is 5.82 Å². The van der Waals surface area contributed by atoms with Crippen molar-refractivity contribution in [1.82, 2.24) is 24.9 Å². The third kappa shape index (κ3) is 6.59. The van der Waals surface area contributed by atoms with Crippen molar-refractivity contribution in [2.24, 2.45) is 5.73 Å². The normalized spacial score (nSPS) is 14.7. The van der Waals surface area contributed by atoms with Crippen molar-refractivity contribution in [3.63, 3.8) is 0 Å². The molecule has 4 aromatic rings. The summed E-state index contributed by atoms with van der Waals surface area (Å²) >= 11 is 0. The zero-order chi connectivity index (χ0) is 30.9. The Hall–Kier alpha value is -4.57. The quantitative estimate of drug-likeness (QED) is 0.206. The number of amides is 1. The third-order valence-electron chi connectivity index (χ3n) is 6.86. The molecule has 3 heterocycles. The van der Waals surface area contributed by atoms with Crippen molar-refractivity contribution >= 4 is 33.3 Å². The van der Waals surface area contributed by atoms with Crippen LogP contribution in [0.15, 0.2) is 48.5 Å². The van der Waals surface area contributed by atoms with Gasteiger partial charge in [-0.1, -0.05) is 18.2 Å². The second-order valence-electron chi connectivity index (χ2n) is 10.1. The van der Waals surface area contributed by atoms with E-state index in [-0.39, 0.29) is 34.1 Å². The highest BCUT2D eigenvalue weighted by atomic mass is 32.2. The van der Waals surface area contributed by atoms with Gasteiger partial charge in [-0.15, -0.1) is 0 Å². The molecular formula is C27H29F3N8O4S. The maximum absolute atomic E-state index is 13.4. The van der Waals surface area contributed by atoms with E-state index in [1.165, 1.54) is 42.5 Å². The number of aromatic nitrogens is 4. The molecule has 5 rings (SSSR count). The SMILES string of the molecule is C[C@H](Oc1cc(-c2n[nH]c(Nc3cc4n(n3)CCCN(C)C4)c2C(N)=O)ccc1NS(=O)(=O)C(F)F)c1ccc(F)cc1. The van der Waals surface area contributed by atoms with Gasteiger partial charge in [0.15, 0.2) is 5.82 Å². The molecule has 0 saturated carbocycles. The Bertz CT molecular complexity index is 1740. The Labute approximate surface area is 245 Å². The number of primary amides is 1. The average molecular weight is 619 g/mol. The number of benzene rings is 2. The average Bonchev–Trinajstić information content (AvgIpc) is 3.48. The number of aryl methyl sites for hydroxylation is 1. The van der Waals surface area contributed by atoms with E-state index in [2.05, 4.69) is 25.5 Å². The summed E-state index contributed by atoms with van der Waals surface area (Å²) in [6, 6.07) is 11.2. The zero-order valence-corrected chi connectivity index (χ0v) is 24.0. The fourth-order valence-corrected chi connectivity index (χ4v) is 5.30. The lowest BCUT2D eigenvalue weighted by Crippen LogP contribution is -2.21. The van der Waals surface area contributed by atoms with Crippen LogP contribution in [0.25, 0.3) is 11.3 Å². The first-order valence-electron chi connectivity index (χ1n) is 13.2. The number of fused-ring (bicyclic) bond motifs is 1. The highest BCUT2D eigenvalue weighted by Crippen LogP contribution is 2.37. The number of anilines is 3. The smallest absolute Gasteiger partial charge is 0.355 e. The van der Waals surface area contributed by atoms with Crippen LogP contribution >= 0.6 is 0 Å². The van der Waals surface area contributed by atoms with Crippen LogP contribution in [-0.2, 0) is 23.1 Å². The van der Waals surface area contributed by atoms with Crippen molar-refractivity contribution < 1.29 is 31.1 Å². The summed E-state index contributed by atoms with van der Waals surface area (Å²) in [5.41, 5.74) is 7.32. The largest absolute Gasteiger partial charge is 0.484 e. The summed E-state index contributed by atoms with van der Waals surface area (Å²) in [5.74, 6) is -4.49. The molecule has 16 heteroatoms. The van der Waals surface area contributed by atoms with Gasteiger partial charge < -0.3 is 20.7 Å². The van der Waals surface area contributed by atoms with Crippen LogP contribution in [0.5, 0.6) is 5.75 Å². The first-order valence-corrected chi connectivity index (χ1v) is 14.7. The van der Waals surface area contributed by atoms with Gasteiger partial charge in [-0.05, 0) is 50.2 Å². The molecule has 0 saturated heterocycles. The summed E-state index contributed by atoms with van der Waals surface area (Å²) in [6.07, 6.45) is 0.173. The van der Waals surface area contributed by atoms with Gasteiger partial charge in [-0.3, -0.25) is 19.3 Å². The molecule has 0 radical (unpaired) electrons. The number of hydrogen-bond acceptors (Lipinski definition) is 8. The number of alkyl halides is 2. The van der Waals surface area contributed by atoms with E-state index in [0.29, 0.717) is 17.9 Å². The third-order valence-corrected chi connectivity index (χ3v) is 7.83. The van der Waals surface area contributed by atoms with Gasteiger partial charge in [0.2, 0.25) is 0 Å². The van der Waals surface area contributed by atoms with Crippen LogP contribution in [0.2, 0.25) is 0 Å². The molecule has 2 aromatic carbocycles. The second kappa shape index (κ2) is 12.0. The van der Waals surface area contributed by atoms with E-state index in [4.69, 9.17) is 10.5 Å². The highest BCUT2D eigenvalue weighted by Gasteiger charge is 2.27. The molecule has 0 aliphatic carbocycles. The number of rotatable bonds is 10. The van der Waals surface area contributed by atoms with Crippen LogP contribution in [-0.4, -0.2) is 58.6 Å². The summed E-state index contributed by atoms with van der Waals surface area (Å²) < 4.78 is 73.4. The van der Waals surface area contributed by atoms with Crippen LogP contribution in [0.3, 0.4) is 0 Å². The number of sulfonamides is 1. The molecule has 0 unspecified atom stereocenters. The summed E-state index contributed by atoms with van der Waals surface area (Å²) in [4.78, 5) is 14.8. The first kappa shape index (κ1) is 29.9. The van der Waals surface area contributed by atoms with E-state index >= 15 is 0 Å². The molecule has 0 spiro atoms. The molecule has 43 heavy (non-hydrogen) atoms. The minimum atomic E-state index is -5.05. The Balaban J connectivity index is 1.50. The number of halogens is 3. The molecule has 5 N–H and O–H groups in total. The van der Waals surface area contributed by atoms with E-state index in [9.17, 15) is 26.4 Å². The molecule has 228 valence electrons. The van der Waals surface area contributed by atoms with Gasteiger partial charge in [0, 0.05) is 31.3 Å². The van der Waals surface area contributed by atoms with Crippen molar-refractivity contribution in [3.8, 4) is 17.0 Å². The molecule has 0 fully saturated rings. The molecule has 2 aromatic heterocycles. The zero-order valence-electron chi connectivity index (χ0n) is 23.1. The minimum Gasteiger partial charge on any atom is -0.484 e. The summed E-state index contributed by atoms with van der Waals surface area (Å²) in [5, 5.41) is 14.6. The Morgan fingerprint density at radius 3 is 2.58 bits per heavy atom. The number of aromatic amines is 1. The van der Waals surface area contributed by atoms with Crippen LogP contribution in [0.4, 0.5) is 30.5 Å². The van der Waals surface area contributed by atoms with E-state index in [1.54, 1.807) is 6.92 Å². The number of nitrogens with zero attached hydrogens (tertiary/aromatic N) is 4. The Morgan fingerprint density at radius 1 is 1.14 bits per heavy atom. The molecule has 1 atom stereocenters. The fraction of sp³-hybridized carbons (Fsp3) is 0.296. The number of nitrogens with two attached hydrogens (primary N) is 1. The maximum Gasteiger partial charge on any atom is 0.355 e. The van der Waals surface area contributed by atoms with Crippen molar-refractivity contribution in [3.05, 3.63) is 71.2 Å². The number of carbonyl (C=O) groups is 1. The number of H-pyrrole nitrogens is 1. The Kier molecular flexibility index (Phi) is 8.32. The molecule has 1 aliphatic heterocycles. The molecule has 0 bridgehead atoms.